The summed E-state index contributed by atoms with van der Waals surface area (Å²) in [6, 6.07) is 11.6. The molecule has 0 radical (unpaired) electrons. The minimum Gasteiger partial charge on any atom is -0.437 e. The third-order valence-electron chi connectivity index (χ3n) is 3.29. The van der Waals surface area contributed by atoms with Crippen molar-refractivity contribution in [3.8, 4) is 11.6 Å². The maximum absolute atomic E-state index is 5.85. The van der Waals surface area contributed by atoms with E-state index in [-0.39, 0.29) is 0 Å². The summed E-state index contributed by atoms with van der Waals surface area (Å²) in [4.78, 5) is 8.99. The molecule has 0 amide bonds. The molecule has 0 bridgehead atoms. The van der Waals surface area contributed by atoms with Crippen molar-refractivity contribution in [1.29, 1.82) is 0 Å². The molecule has 0 fully saturated rings. The van der Waals surface area contributed by atoms with Gasteiger partial charge in [-0.3, -0.25) is 0 Å². The summed E-state index contributed by atoms with van der Waals surface area (Å²) in [6.07, 6.45) is 3.79. The smallest absolute Gasteiger partial charge is 0.247 e. The summed E-state index contributed by atoms with van der Waals surface area (Å²) in [5.41, 5.74) is 1.87. The average Bonchev–Trinajstić information content (AvgIpc) is 2.79. The van der Waals surface area contributed by atoms with Crippen molar-refractivity contribution in [3.05, 3.63) is 48.4 Å². The summed E-state index contributed by atoms with van der Waals surface area (Å²) >= 11 is 0. The van der Waals surface area contributed by atoms with Gasteiger partial charge >= 0.3 is 0 Å². The lowest BCUT2D eigenvalue weighted by molar-refractivity contribution is 0.468. The number of hydrogen-bond donors (Lipinski definition) is 0. The number of hydrogen-bond acceptors (Lipinski definition) is 3. The van der Waals surface area contributed by atoms with E-state index in [1.165, 1.54) is 0 Å². The number of nitrogens with zero attached hydrogens (tertiary/aromatic N) is 3. The first-order valence-electron chi connectivity index (χ1n) is 6.83. The highest BCUT2D eigenvalue weighted by Crippen LogP contribution is 2.27. The van der Waals surface area contributed by atoms with Crippen LogP contribution in [0.5, 0.6) is 11.6 Å². The van der Waals surface area contributed by atoms with E-state index in [0.29, 0.717) is 5.88 Å². The van der Waals surface area contributed by atoms with Crippen molar-refractivity contribution < 1.29 is 4.74 Å². The van der Waals surface area contributed by atoms with Gasteiger partial charge in [-0.05, 0) is 24.6 Å². The normalized spacial score (nSPS) is 10.9. The first kappa shape index (κ1) is 12.7. The van der Waals surface area contributed by atoms with Crippen LogP contribution in [0.3, 0.4) is 0 Å². The van der Waals surface area contributed by atoms with Gasteiger partial charge in [-0.25, -0.2) is 9.97 Å². The summed E-state index contributed by atoms with van der Waals surface area (Å²) < 4.78 is 7.96. The van der Waals surface area contributed by atoms with Gasteiger partial charge in [0, 0.05) is 19.7 Å². The van der Waals surface area contributed by atoms with Crippen LogP contribution < -0.4 is 4.74 Å². The van der Waals surface area contributed by atoms with Crippen LogP contribution in [0, 0.1) is 0 Å². The molecular weight excluding hydrogens is 250 g/mol. The number of benzene rings is 1. The van der Waals surface area contributed by atoms with Gasteiger partial charge in [-0.15, -0.1) is 0 Å². The van der Waals surface area contributed by atoms with Crippen LogP contribution in [0.25, 0.3) is 11.0 Å². The fourth-order valence-corrected chi connectivity index (χ4v) is 2.27. The Balaban J connectivity index is 2.05. The second-order valence-corrected chi connectivity index (χ2v) is 4.74. The molecule has 0 saturated heterocycles. The highest BCUT2D eigenvalue weighted by molar-refractivity contribution is 5.80. The van der Waals surface area contributed by atoms with Crippen LogP contribution >= 0.6 is 0 Å². The van der Waals surface area contributed by atoms with Gasteiger partial charge in [0.1, 0.15) is 11.6 Å². The predicted molar refractivity (Wildman–Crippen MR) is 79.0 cm³/mol. The molecule has 2 aromatic heterocycles. The molecule has 0 spiro atoms. The average molecular weight is 267 g/mol. The van der Waals surface area contributed by atoms with Crippen molar-refractivity contribution in [1.82, 2.24) is 14.5 Å². The molecule has 102 valence electrons. The number of aryl methyl sites for hydroxylation is 2. The number of fused-ring (bicyclic) bond motifs is 1. The lowest BCUT2D eigenvalue weighted by Crippen LogP contribution is -1.96. The SMILES string of the molecule is CCCc1nc2c(Oc3ccccc3)nccc2n1C. The van der Waals surface area contributed by atoms with Crippen molar-refractivity contribution in [3.63, 3.8) is 0 Å². The van der Waals surface area contributed by atoms with E-state index in [9.17, 15) is 0 Å². The van der Waals surface area contributed by atoms with Crippen molar-refractivity contribution in [2.24, 2.45) is 7.05 Å². The van der Waals surface area contributed by atoms with Crippen LogP contribution in [0.1, 0.15) is 19.2 Å². The third kappa shape index (κ3) is 2.25. The number of ether oxygens (including phenoxy) is 1. The molecule has 0 aliphatic heterocycles. The van der Waals surface area contributed by atoms with E-state index in [1.54, 1.807) is 6.20 Å². The Kier molecular flexibility index (Phi) is 3.37. The Morgan fingerprint density at radius 2 is 1.95 bits per heavy atom. The maximum Gasteiger partial charge on any atom is 0.247 e. The van der Waals surface area contributed by atoms with E-state index in [0.717, 1.165) is 35.4 Å². The Hall–Kier alpha value is -2.36. The van der Waals surface area contributed by atoms with Gasteiger partial charge in [0.15, 0.2) is 5.52 Å². The molecule has 0 atom stereocenters. The van der Waals surface area contributed by atoms with Gasteiger partial charge in [-0.1, -0.05) is 25.1 Å². The molecule has 3 aromatic rings. The zero-order valence-corrected chi connectivity index (χ0v) is 11.7. The van der Waals surface area contributed by atoms with Crippen LogP contribution in [0.2, 0.25) is 0 Å². The first-order valence-corrected chi connectivity index (χ1v) is 6.83. The second-order valence-electron chi connectivity index (χ2n) is 4.74. The fraction of sp³-hybridized carbons (Fsp3) is 0.250. The molecule has 0 aliphatic rings. The quantitative estimate of drug-likeness (QED) is 0.723. The number of aromatic nitrogens is 3. The number of rotatable bonds is 4. The molecule has 2 heterocycles. The number of para-hydroxylation sites is 1. The molecule has 0 unspecified atom stereocenters. The highest BCUT2D eigenvalue weighted by Gasteiger charge is 2.13. The summed E-state index contributed by atoms with van der Waals surface area (Å²) in [6.45, 7) is 2.15. The number of pyridine rings is 1. The first-order chi connectivity index (χ1) is 9.79. The van der Waals surface area contributed by atoms with Crippen LogP contribution in [-0.2, 0) is 13.5 Å². The molecule has 20 heavy (non-hydrogen) atoms. The van der Waals surface area contributed by atoms with Gasteiger partial charge < -0.3 is 9.30 Å². The van der Waals surface area contributed by atoms with Crippen LogP contribution in [0.15, 0.2) is 42.6 Å². The van der Waals surface area contributed by atoms with Crippen LogP contribution in [-0.4, -0.2) is 14.5 Å². The lowest BCUT2D eigenvalue weighted by atomic mass is 10.3. The van der Waals surface area contributed by atoms with E-state index < -0.39 is 0 Å². The lowest BCUT2D eigenvalue weighted by Gasteiger charge is -2.04. The Morgan fingerprint density at radius 3 is 2.70 bits per heavy atom. The van der Waals surface area contributed by atoms with Gasteiger partial charge in [0.2, 0.25) is 5.88 Å². The molecule has 3 rings (SSSR count). The Labute approximate surface area is 118 Å². The van der Waals surface area contributed by atoms with E-state index in [2.05, 4.69) is 21.5 Å². The molecule has 4 nitrogen and oxygen atoms in total. The third-order valence-corrected chi connectivity index (χ3v) is 3.29. The van der Waals surface area contributed by atoms with Crippen molar-refractivity contribution in [2.45, 2.75) is 19.8 Å². The highest BCUT2D eigenvalue weighted by atomic mass is 16.5. The van der Waals surface area contributed by atoms with Crippen LogP contribution in [0.4, 0.5) is 0 Å². The predicted octanol–water partition coefficient (Wildman–Crippen LogP) is 3.71. The Bertz CT molecular complexity index is 719. The maximum atomic E-state index is 5.85. The van der Waals surface area contributed by atoms with E-state index in [1.807, 2.05) is 43.4 Å². The monoisotopic (exact) mass is 267 g/mol. The molecule has 0 N–H and O–H groups in total. The minimum absolute atomic E-state index is 0.562. The topological polar surface area (TPSA) is 39.9 Å². The molecule has 1 aromatic carbocycles. The molecular formula is C16H17N3O. The summed E-state index contributed by atoms with van der Waals surface area (Å²) in [5, 5.41) is 0. The van der Waals surface area contributed by atoms with E-state index in [4.69, 9.17) is 4.74 Å². The Morgan fingerprint density at radius 1 is 1.15 bits per heavy atom. The van der Waals surface area contributed by atoms with E-state index >= 15 is 0 Å². The standard InChI is InChI=1S/C16H17N3O/c1-3-7-14-18-15-13(19(14)2)10-11-17-16(15)20-12-8-5-4-6-9-12/h4-6,8-11H,3,7H2,1-2H3. The minimum atomic E-state index is 0.562. The van der Waals surface area contributed by atoms with Crippen molar-refractivity contribution in [2.75, 3.05) is 0 Å². The van der Waals surface area contributed by atoms with Gasteiger partial charge in [0.25, 0.3) is 0 Å². The molecule has 0 saturated carbocycles. The zero-order valence-electron chi connectivity index (χ0n) is 11.7. The summed E-state index contributed by atoms with van der Waals surface area (Å²) in [7, 11) is 2.03. The molecule has 0 aliphatic carbocycles. The fourth-order valence-electron chi connectivity index (χ4n) is 2.27. The second kappa shape index (κ2) is 5.33. The largest absolute Gasteiger partial charge is 0.437 e. The van der Waals surface area contributed by atoms with Gasteiger partial charge in [0.05, 0.1) is 5.52 Å². The van der Waals surface area contributed by atoms with Crippen molar-refractivity contribution >= 4 is 11.0 Å². The zero-order chi connectivity index (χ0) is 13.9. The number of imidazole rings is 1. The molecule has 4 heteroatoms. The van der Waals surface area contributed by atoms with Gasteiger partial charge in [-0.2, -0.15) is 0 Å². The summed E-state index contributed by atoms with van der Waals surface area (Å²) in [5.74, 6) is 2.40.